The molecule has 130 valence electrons. The number of nitrogens with zero attached hydrogens (tertiary/aromatic N) is 6. The molecule has 0 radical (unpaired) electrons. The van der Waals surface area contributed by atoms with Crippen LogP contribution in [0.1, 0.15) is 44.4 Å². The lowest BCUT2D eigenvalue weighted by Crippen LogP contribution is -2.49. The van der Waals surface area contributed by atoms with Gasteiger partial charge in [-0.1, -0.05) is 19.0 Å². The van der Waals surface area contributed by atoms with Crippen LogP contribution in [0.25, 0.3) is 0 Å². The molecule has 0 unspecified atom stereocenters. The lowest BCUT2D eigenvalue weighted by Gasteiger charge is -2.35. The minimum atomic E-state index is -0.219. The zero-order valence-electron chi connectivity index (χ0n) is 14.4. The van der Waals surface area contributed by atoms with Gasteiger partial charge in [-0.3, -0.25) is 9.69 Å². The van der Waals surface area contributed by atoms with E-state index in [4.69, 9.17) is 4.52 Å². The van der Waals surface area contributed by atoms with E-state index in [1.165, 1.54) is 0 Å². The average molecular weight is 332 g/mol. The second kappa shape index (κ2) is 7.12. The summed E-state index contributed by atoms with van der Waals surface area (Å²) in [6.07, 6.45) is 5.19. The van der Waals surface area contributed by atoms with Gasteiger partial charge < -0.3 is 14.0 Å². The summed E-state index contributed by atoms with van der Waals surface area (Å²) in [7, 11) is 0. The molecular weight excluding hydrogens is 308 g/mol. The molecule has 0 bridgehead atoms. The summed E-state index contributed by atoms with van der Waals surface area (Å²) in [5, 5.41) is 3.99. The largest absolute Gasteiger partial charge is 0.338 e. The Labute approximate surface area is 141 Å². The Kier molecular flexibility index (Phi) is 4.94. The molecule has 1 amide bonds. The Hall–Kier alpha value is -2.22. The molecule has 24 heavy (non-hydrogen) atoms. The number of piperazine rings is 1. The predicted molar refractivity (Wildman–Crippen MR) is 87.2 cm³/mol. The number of imidazole rings is 1. The van der Waals surface area contributed by atoms with Gasteiger partial charge in [0.05, 0.1) is 12.9 Å². The highest BCUT2D eigenvalue weighted by molar-refractivity contribution is 5.80. The fraction of sp³-hybridized carbons (Fsp3) is 0.625. The van der Waals surface area contributed by atoms with Crippen LogP contribution in [-0.2, 0) is 11.3 Å². The van der Waals surface area contributed by atoms with Crippen molar-refractivity contribution < 1.29 is 9.32 Å². The summed E-state index contributed by atoms with van der Waals surface area (Å²) in [5.74, 6) is 1.78. The lowest BCUT2D eigenvalue weighted by molar-refractivity contribution is -0.136. The van der Waals surface area contributed by atoms with Crippen LogP contribution >= 0.6 is 0 Å². The van der Waals surface area contributed by atoms with E-state index in [-0.39, 0.29) is 17.9 Å². The van der Waals surface area contributed by atoms with Crippen molar-refractivity contribution in [2.24, 2.45) is 0 Å². The van der Waals surface area contributed by atoms with Crippen LogP contribution in [-0.4, -0.2) is 61.6 Å². The van der Waals surface area contributed by atoms with Gasteiger partial charge in [0.2, 0.25) is 11.8 Å². The van der Waals surface area contributed by atoms with Crippen LogP contribution in [0.5, 0.6) is 0 Å². The SMILES string of the molecule is CC(C)c1noc(CN2CCN(C(=O)[C@H](C)n3ccnc3)CC2)n1. The van der Waals surface area contributed by atoms with Gasteiger partial charge in [0, 0.05) is 44.5 Å². The van der Waals surface area contributed by atoms with Gasteiger partial charge in [-0.25, -0.2) is 4.98 Å². The average Bonchev–Trinajstić information content (AvgIpc) is 3.26. The standard InChI is InChI=1S/C16H24N6O2/c1-12(2)15-18-14(24-19-15)10-20-6-8-21(9-7-20)16(23)13(3)22-5-4-17-11-22/h4-5,11-13H,6-10H2,1-3H3/t13-/m0/s1. The first-order valence-corrected chi connectivity index (χ1v) is 8.35. The van der Waals surface area contributed by atoms with Crippen molar-refractivity contribution in [2.75, 3.05) is 26.2 Å². The molecule has 1 aliphatic heterocycles. The molecule has 2 aromatic rings. The maximum absolute atomic E-state index is 12.6. The monoisotopic (exact) mass is 332 g/mol. The molecule has 0 aliphatic carbocycles. The summed E-state index contributed by atoms with van der Waals surface area (Å²) >= 11 is 0. The predicted octanol–water partition coefficient (Wildman–Crippen LogP) is 1.29. The highest BCUT2D eigenvalue weighted by Gasteiger charge is 2.26. The van der Waals surface area contributed by atoms with Crippen molar-refractivity contribution in [3.05, 3.63) is 30.4 Å². The van der Waals surface area contributed by atoms with Crippen LogP contribution in [0.4, 0.5) is 0 Å². The second-order valence-corrected chi connectivity index (χ2v) is 6.49. The number of amides is 1. The Morgan fingerprint density at radius 2 is 2.00 bits per heavy atom. The number of aromatic nitrogens is 4. The van der Waals surface area contributed by atoms with E-state index in [1.807, 2.05) is 36.4 Å². The van der Waals surface area contributed by atoms with E-state index in [0.29, 0.717) is 25.5 Å². The van der Waals surface area contributed by atoms with E-state index in [1.54, 1.807) is 12.5 Å². The molecule has 0 saturated carbocycles. The maximum atomic E-state index is 12.6. The first-order chi connectivity index (χ1) is 11.5. The second-order valence-electron chi connectivity index (χ2n) is 6.49. The van der Waals surface area contributed by atoms with Gasteiger partial charge in [0.15, 0.2) is 5.82 Å². The van der Waals surface area contributed by atoms with Crippen LogP contribution in [0, 0.1) is 0 Å². The molecule has 0 aromatic carbocycles. The Balaban J connectivity index is 1.51. The molecule has 2 aromatic heterocycles. The summed E-state index contributed by atoms with van der Waals surface area (Å²) in [6, 6.07) is -0.219. The topological polar surface area (TPSA) is 80.3 Å². The molecule has 0 N–H and O–H groups in total. The fourth-order valence-corrected chi connectivity index (χ4v) is 2.77. The molecule has 3 heterocycles. The van der Waals surface area contributed by atoms with Crippen LogP contribution < -0.4 is 0 Å². The Morgan fingerprint density at radius 3 is 2.58 bits per heavy atom. The lowest BCUT2D eigenvalue weighted by atomic mass is 10.2. The van der Waals surface area contributed by atoms with E-state index >= 15 is 0 Å². The van der Waals surface area contributed by atoms with Crippen molar-refractivity contribution >= 4 is 5.91 Å². The van der Waals surface area contributed by atoms with Crippen molar-refractivity contribution in [3.63, 3.8) is 0 Å². The number of hydrogen-bond acceptors (Lipinski definition) is 6. The van der Waals surface area contributed by atoms with Crippen LogP contribution in [0.2, 0.25) is 0 Å². The van der Waals surface area contributed by atoms with E-state index in [9.17, 15) is 4.79 Å². The summed E-state index contributed by atoms with van der Waals surface area (Å²) in [5.41, 5.74) is 0. The normalized spacial score (nSPS) is 17.4. The molecule has 3 rings (SSSR count). The minimum absolute atomic E-state index is 0.132. The van der Waals surface area contributed by atoms with Gasteiger partial charge in [0.1, 0.15) is 6.04 Å². The van der Waals surface area contributed by atoms with E-state index < -0.39 is 0 Å². The molecule has 1 atom stereocenters. The molecule has 8 nitrogen and oxygen atoms in total. The van der Waals surface area contributed by atoms with Crippen LogP contribution in [0.15, 0.2) is 23.2 Å². The number of rotatable bonds is 5. The summed E-state index contributed by atoms with van der Waals surface area (Å²) in [6.45, 7) is 9.66. The highest BCUT2D eigenvalue weighted by Crippen LogP contribution is 2.15. The van der Waals surface area contributed by atoms with Gasteiger partial charge in [-0.2, -0.15) is 4.98 Å². The molecule has 1 aliphatic rings. The first kappa shape index (κ1) is 16.6. The van der Waals surface area contributed by atoms with Crippen molar-refractivity contribution in [1.82, 2.24) is 29.5 Å². The van der Waals surface area contributed by atoms with Gasteiger partial charge in [0.25, 0.3) is 0 Å². The van der Waals surface area contributed by atoms with Crippen molar-refractivity contribution in [2.45, 2.75) is 39.3 Å². The molecule has 8 heteroatoms. The van der Waals surface area contributed by atoms with Crippen molar-refractivity contribution in [1.29, 1.82) is 0 Å². The third-order valence-electron chi connectivity index (χ3n) is 4.37. The maximum Gasteiger partial charge on any atom is 0.245 e. The third-order valence-corrected chi connectivity index (χ3v) is 4.37. The first-order valence-electron chi connectivity index (χ1n) is 8.35. The van der Waals surface area contributed by atoms with Crippen LogP contribution in [0.3, 0.4) is 0 Å². The fourth-order valence-electron chi connectivity index (χ4n) is 2.77. The summed E-state index contributed by atoms with van der Waals surface area (Å²) in [4.78, 5) is 25.1. The number of carbonyl (C=O) groups is 1. The van der Waals surface area contributed by atoms with Gasteiger partial charge >= 0.3 is 0 Å². The highest BCUT2D eigenvalue weighted by atomic mass is 16.5. The molecule has 1 saturated heterocycles. The molecule has 1 fully saturated rings. The zero-order chi connectivity index (χ0) is 17.1. The minimum Gasteiger partial charge on any atom is -0.338 e. The van der Waals surface area contributed by atoms with Crippen molar-refractivity contribution in [3.8, 4) is 0 Å². The Bertz CT molecular complexity index is 658. The summed E-state index contributed by atoms with van der Waals surface area (Å²) < 4.78 is 7.13. The number of carbonyl (C=O) groups excluding carboxylic acids is 1. The Morgan fingerprint density at radius 1 is 1.25 bits per heavy atom. The van der Waals surface area contributed by atoms with E-state index in [2.05, 4.69) is 20.0 Å². The third kappa shape index (κ3) is 3.64. The smallest absolute Gasteiger partial charge is 0.245 e. The van der Waals surface area contributed by atoms with E-state index in [0.717, 1.165) is 18.9 Å². The zero-order valence-corrected chi connectivity index (χ0v) is 14.4. The quantitative estimate of drug-likeness (QED) is 0.821. The van der Waals surface area contributed by atoms with Gasteiger partial charge in [-0.15, -0.1) is 0 Å². The van der Waals surface area contributed by atoms with Gasteiger partial charge in [-0.05, 0) is 6.92 Å². The molecular formula is C16H24N6O2. The number of hydrogen-bond donors (Lipinski definition) is 0. The molecule has 0 spiro atoms.